The zero-order valence-corrected chi connectivity index (χ0v) is 14.2. The highest BCUT2D eigenvalue weighted by atomic mass is 35.5. The SMILES string of the molecule is COc1ccc(OCCN(C)C(=O)C2(C)CCNC2)cc1.Cl. The van der Waals surface area contributed by atoms with Crippen molar-refractivity contribution in [2.24, 2.45) is 5.41 Å². The van der Waals surface area contributed by atoms with Gasteiger partial charge in [-0.3, -0.25) is 4.79 Å². The second kappa shape index (κ2) is 8.25. The fraction of sp³-hybridized carbons (Fsp3) is 0.562. The van der Waals surface area contributed by atoms with Crippen LogP contribution in [-0.2, 0) is 4.79 Å². The summed E-state index contributed by atoms with van der Waals surface area (Å²) in [5.41, 5.74) is -0.269. The molecule has 1 fully saturated rings. The van der Waals surface area contributed by atoms with E-state index in [-0.39, 0.29) is 23.7 Å². The van der Waals surface area contributed by atoms with Crippen molar-refractivity contribution in [3.05, 3.63) is 24.3 Å². The topological polar surface area (TPSA) is 50.8 Å². The minimum Gasteiger partial charge on any atom is -0.497 e. The van der Waals surface area contributed by atoms with Crippen molar-refractivity contribution in [1.82, 2.24) is 10.2 Å². The lowest BCUT2D eigenvalue weighted by Crippen LogP contribution is -2.43. The zero-order valence-electron chi connectivity index (χ0n) is 13.4. The summed E-state index contributed by atoms with van der Waals surface area (Å²) >= 11 is 0. The van der Waals surface area contributed by atoms with Crippen LogP contribution in [-0.4, -0.2) is 51.2 Å². The maximum absolute atomic E-state index is 12.4. The Balaban J connectivity index is 0.00000242. The number of hydrogen-bond acceptors (Lipinski definition) is 4. The average Bonchev–Trinajstić information content (AvgIpc) is 2.95. The van der Waals surface area contributed by atoms with E-state index in [1.807, 2.05) is 38.2 Å². The highest BCUT2D eigenvalue weighted by molar-refractivity contribution is 5.85. The van der Waals surface area contributed by atoms with E-state index in [1.165, 1.54) is 0 Å². The molecule has 1 saturated heterocycles. The number of nitrogens with zero attached hydrogens (tertiary/aromatic N) is 1. The molecule has 0 saturated carbocycles. The van der Waals surface area contributed by atoms with Crippen molar-refractivity contribution in [1.29, 1.82) is 0 Å². The molecule has 1 aliphatic rings. The minimum atomic E-state index is -0.269. The Morgan fingerprint density at radius 3 is 2.50 bits per heavy atom. The van der Waals surface area contributed by atoms with Gasteiger partial charge in [-0.25, -0.2) is 0 Å². The predicted molar refractivity (Wildman–Crippen MR) is 89.0 cm³/mol. The summed E-state index contributed by atoms with van der Waals surface area (Å²) in [4.78, 5) is 14.2. The van der Waals surface area contributed by atoms with Gasteiger partial charge in [0.05, 0.1) is 19.1 Å². The van der Waals surface area contributed by atoms with Gasteiger partial charge in [-0.15, -0.1) is 12.4 Å². The van der Waals surface area contributed by atoms with Gasteiger partial charge in [0.2, 0.25) is 5.91 Å². The molecule has 0 radical (unpaired) electrons. The highest BCUT2D eigenvalue weighted by Crippen LogP contribution is 2.26. The molecule has 1 amide bonds. The van der Waals surface area contributed by atoms with Gasteiger partial charge >= 0.3 is 0 Å². The molecule has 6 heteroatoms. The summed E-state index contributed by atoms with van der Waals surface area (Å²) in [6.45, 7) is 4.77. The van der Waals surface area contributed by atoms with Gasteiger partial charge in [-0.2, -0.15) is 0 Å². The third kappa shape index (κ3) is 4.52. The van der Waals surface area contributed by atoms with Gasteiger partial charge in [0.1, 0.15) is 18.1 Å². The lowest BCUT2D eigenvalue weighted by Gasteiger charge is -2.28. The minimum absolute atomic E-state index is 0. The second-order valence-corrected chi connectivity index (χ2v) is 5.74. The molecule has 124 valence electrons. The van der Waals surface area contributed by atoms with Crippen LogP contribution in [0, 0.1) is 5.41 Å². The molecule has 1 aliphatic heterocycles. The third-order valence-corrected chi connectivity index (χ3v) is 3.99. The molecule has 0 aromatic heterocycles. The Morgan fingerprint density at radius 1 is 1.32 bits per heavy atom. The van der Waals surface area contributed by atoms with E-state index in [0.717, 1.165) is 31.0 Å². The molecule has 0 spiro atoms. The Hall–Kier alpha value is -1.46. The Bertz CT molecular complexity index is 473. The Kier molecular flexibility index (Phi) is 6.97. The molecule has 1 aromatic rings. The quantitative estimate of drug-likeness (QED) is 0.867. The molecular weight excluding hydrogens is 304 g/mol. The van der Waals surface area contributed by atoms with Crippen LogP contribution < -0.4 is 14.8 Å². The lowest BCUT2D eigenvalue weighted by atomic mass is 9.88. The van der Waals surface area contributed by atoms with Crippen molar-refractivity contribution in [2.75, 3.05) is 40.4 Å². The zero-order chi connectivity index (χ0) is 15.3. The smallest absolute Gasteiger partial charge is 0.229 e. The second-order valence-electron chi connectivity index (χ2n) is 5.74. The van der Waals surface area contributed by atoms with E-state index < -0.39 is 0 Å². The third-order valence-electron chi connectivity index (χ3n) is 3.99. The number of carbonyl (C=O) groups is 1. The molecule has 1 atom stereocenters. The van der Waals surface area contributed by atoms with E-state index in [1.54, 1.807) is 12.0 Å². The Labute approximate surface area is 138 Å². The molecule has 1 heterocycles. The van der Waals surface area contributed by atoms with E-state index in [2.05, 4.69) is 5.32 Å². The van der Waals surface area contributed by atoms with Crippen molar-refractivity contribution in [3.63, 3.8) is 0 Å². The first-order chi connectivity index (χ1) is 10.0. The van der Waals surface area contributed by atoms with Crippen LogP contribution in [0.15, 0.2) is 24.3 Å². The number of hydrogen-bond donors (Lipinski definition) is 1. The molecule has 22 heavy (non-hydrogen) atoms. The van der Waals surface area contributed by atoms with Gasteiger partial charge in [0.15, 0.2) is 0 Å². The molecule has 0 aliphatic carbocycles. The lowest BCUT2D eigenvalue weighted by molar-refractivity contribution is -0.139. The van der Waals surface area contributed by atoms with Gasteiger partial charge in [0, 0.05) is 13.6 Å². The number of methoxy groups -OCH3 is 1. The van der Waals surface area contributed by atoms with E-state index >= 15 is 0 Å². The maximum Gasteiger partial charge on any atom is 0.229 e. The fourth-order valence-corrected chi connectivity index (χ4v) is 2.53. The number of rotatable bonds is 6. The first-order valence-electron chi connectivity index (χ1n) is 7.28. The molecular formula is C16H25ClN2O3. The molecule has 1 N–H and O–H groups in total. The molecule has 1 aromatic carbocycles. The van der Waals surface area contributed by atoms with Crippen molar-refractivity contribution in [3.8, 4) is 11.5 Å². The summed E-state index contributed by atoms with van der Waals surface area (Å²) in [7, 11) is 3.47. The number of benzene rings is 1. The van der Waals surface area contributed by atoms with Crippen LogP contribution in [0.2, 0.25) is 0 Å². The van der Waals surface area contributed by atoms with Crippen molar-refractivity contribution < 1.29 is 14.3 Å². The molecule has 5 nitrogen and oxygen atoms in total. The normalized spacial score (nSPS) is 20.1. The molecule has 2 rings (SSSR count). The summed E-state index contributed by atoms with van der Waals surface area (Å²) in [5.74, 6) is 1.77. The van der Waals surface area contributed by atoms with Crippen LogP contribution in [0.4, 0.5) is 0 Å². The largest absolute Gasteiger partial charge is 0.497 e. The van der Waals surface area contributed by atoms with E-state index in [4.69, 9.17) is 9.47 Å². The number of halogens is 1. The van der Waals surface area contributed by atoms with Crippen LogP contribution in [0.25, 0.3) is 0 Å². The summed E-state index contributed by atoms with van der Waals surface area (Å²) in [6, 6.07) is 7.44. The number of likely N-dealkylation sites (N-methyl/N-ethyl adjacent to an activating group) is 1. The molecule has 0 bridgehead atoms. The summed E-state index contributed by atoms with van der Waals surface area (Å²) in [5, 5.41) is 3.25. The monoisotopic (exact) mass is 328 g/mol. The maximum atomic E-state index is 12.4. The number of ether oxygens (including phenoxy) is 2. The van der Waals surface area contributed by atoms with E-state index in [9.17, 15) is 4.79 Å². The van der Waals surface area contributed by atoms with Gasteiger partial charge in [-0.1, -0.05) is 0 Å². The van der Waals surface area contributed by atoms with Gasteiger partial charge < -0.3 is 19.7 Å². The highest BCUT2D eigenvalue weighted by Gasteiger charge is 2.37. The average molecular weight is 329 g/mol. The van der Waals surface area contributed by atoms with Crippen LogP contribution in [0.3, 0.4) is 0 Å². The summed E-state index contributed by atoms with van der Waals surface area (Å²) < 4.78 is 10.8. The first kappa shape index (κ1) is 18.6. The van der Waals surface area contributed by atoms with Crippen LogP contribution in [0.5, 0.6) is 11.5 Å². The van der Waals surface area contributed by atoms with E-state index in [0.29, 0.717) is 13.2 Å². The van der Waals surface area contributed by atoms with Crippen LogP contribution >= 0.6 is 12.4 Å². The van der Waals surface area contributed by atoms with Crippen molar-refractivity contribution >= 4 is 18.3 Å². The Morgan fingerprint density at radius 2 is 1.95 bits per heavy atom. The van der Waals surface area contributed by atoms with Crippen molar-refractivity contribution in [2.45, 2.75) is 13.3 Å². The fourth-order valence-electron chi connectivity index (χ4n) is 2.53. The predicted octanol–water partition coefficient (Wildman–Crippen LogP) is 1.95. The van der Waals surface area contributed by atoms with Gasteiger partial charge in [-0.05, 0) is 44.2 Å². The van der Waals surface area contributed by atoms with Crippen LogP contribution in [0.1, 0.15) is 13.3 Å². The number of nitrogens with one attached hydrogen (secondary N) is 1. The molecule has 1 unspecified atom stereocenters. The number of carbonyl (C=O) groups excluding carboxylic acids is 1. The summed E-state index contributed by atoms with van der Waals surface area (Å²) in [6.07, 6.45) is 0.898. The standard InChI is InChI=1S/C16H24N2O3.ClH/c1-16(8-9-17-12-16)15(19)18(2)10-11-21-14-6-4-13(20-3)5-7-14;/h4-7,17H,8-12H2,1-3H3;1H. The number of amides is 1. The first-order valence-corrected chi connectivity index (χ1v) is 7.28. The van der Waals surface area contributed by atoms with Gasteiger partial charge in [0.25, 0.3) is 0 Å².